The van der Waals surface area contributed by atoms with Crippen molar-refractivity contribution in [3.8, 4) is 11.5 Å². The fourth-order valence-electron chi connectivity index (χ4n) is 1.10. The molecule has 0 aliphatic rings. The minimum atomic E-state index is -3.02. The Balaban J connectivity index is 3.10. The van der Waals surface area contributed by atoms with E-state index in [-0.39, 0.29) is 11.3 Å². The Kier molecular flexibility index (Phi) is 4.04. The van der Waals surface area contributed by atoms with Crippen molar-refractivity contribution >= 4 is 5.97 Å². The van der Waals surface area contributed by atoms with E-state index in [4.69, 9.17) is 4.74 Å². The Hall–Kier alpha value is -1.85. The minimum absolute atomic E-state index is 0.0800. The average Bonchev–Trinajstić information content (AvgIpc) is 2.27. The van der Waals surface area contributed by atoms with Crippen molar-refractivity contribution in [3.05, 3.63) is 23.8 Å². The van der Waals surface area contributed by atoms with E-state index in [1.165, 1.54) is 25.3 Å². The third-order valence-corrected chi connectivity index (χ3v) is 1.81. The van der Waals surface area contributed by atoms with Gasteiger partial charge in [0.05, 0.1) is 14.2 Å². The summed E-state index contributed by atoms with van der Waals surface area (Å²) in [5.74, 6) is -0.720. The predicted octanol–water partition coefficient (Wildman–Crippen LogP) is 2.08. The number of ether oxygens (including phenoxy) is 3. The molecule has 0 saturated heterocycles. The lowest BCUT2D eigenvalue weighted by molar-refractivity contribution is -0.0504. The summed E-state index contributed by atoms with van der Waals surface area (Å²) < 4.78 is 37.6. The van der Waals surface area contributed by atoms with Gasteiger partial charge in [0, 0.05) is 6.07 Å². The lowest BCUT2D eigenvalue weighted by Gasteiger charge is -2.10. The molecule has 0 atom stereocenters. The van der Waals surface area contributed by atoms with Crippen LogP contribution < -0.4 is 9.47 Å². The van der Waals surface area contributed by atoms with E-state index in [1.807, 2.05) is 0 Å². The molecular formula is C10H10F2O4. The number of methoxy groups -OCH3 is 2. The van der Waals surface area contributed by atoms with E-state index in [0.29, 0.717) is 5.75 Å². The number of carbonyl (C=O) groups is 1. The molecular weight excluding hydrogens is 222 g/mol. The van der Waals surface area contributed by atoms with Crippen LogP contribution in [0.1, 0.15) is 10.4 Å². The van der Waals surface area contributed by atoms with Gasteiger partial charge in [-0.05, 0) is 12.1 Å². The summed E-state index contributed by atoms with van der Waals surface area (Å²) in [5, 5.41) is 0. The fraction of sp³-hybridized carbons (Fsp3) is 0.300. The van der Waals surface area contributed by atoms with Crippen molar-refractivity contribution in [2.45, 2.75) is 6.61 Å². The zero-order valence-corrected chi connectivity index (χ0v) is 8.70. The molecule has 16 heavy (non-hydrogen) atoms. The van der Waals surface area contributed by atoms with E-state index in [2.05, 4.69) is 9.47 Å². The molecule has 0 aliphatic heterocycles. The smallest absolute Gasteiger partial charge is 0.387 e. The number of hydrogen-bond donors (Lipinski definition) is 0. The van der Waals surface area contributed by atoms with Crippen LogP contribution >= 0.6 is 0 Å². The van der Waals surface area contributed by atoms with Gasteiger partial charge in [-0.15, -0.1) is 0 Å². The van der Waals surface area contributed by atoms with Crippen molar-refractivity contribution in [1.29, 1.82) is 0 Å². The molecule has 0 amide bonds. The van der Waals surface area contributed by atoms with Gasteiger partial charge in [0.25, 0.3) is 0 Å². The maximum absolute atomic E-state index is 12.1. The van der Waals surface area contributed by atoms with E-state index in [0.717, 1.165) is 7.11 Å². The topological polar surface area (TPSA) is 44.8 Å². The molecule has 0 spiro atoms. The highest BCUT2D eigenvalue weighted by Gasteiger charge is 2.17. The number of esters is 1. The summed E-state index contributed by atoms with van der Waals surface area (Å²) in [4.78, 5) is 11.2. The number of carbonyl (C=O) groups excluding carboxylic acids is 1. The Morgan fingerprint density at radius 2 is 2.00 bits per heavy atom. The summed E-state index contributed by atoms with van der Waals surface area (Å²) in [7, 11) is 2.53. The molecule has 6 heteroatoms. The van der Waals surface area contributed by atoms with Crippen LogP contribution in [0, 0.1) is 0 Å². The van der Waals surface area contributed by atoms with Crippen LogP contribution in [0.4, 0.5) is 8.78 Å². The van der Waals surface area contributed by atoms with Crippen LogP contribution in [0.5, 0.6) is 11.5 Å². The van der Waals surface area contributed by atoms with Gasteiger partial charge in [0.15, 0.2) is 0 Å². The molecule has 1 aromatic carbocycles. The molecule has 4 nitrogen and oxygen atoms in total. The molecule has 1 rings (SSSR count). The number of benzene rings is 1. The van der Waals surface area contributed by atoms with Crippen LogP contribution in [0.15, 0.2) is 18.2 Å². The number of hydrogen-bond acceptors (Lipinski definition) is 4. The van der Waals surface area contributed by atoms with E-state index in [1.54, 1.807) is 0 Å². The fourth-order valence-corrected chi connectivity index (χ4v) is 1.10. The van der Waals surface area contributed by atoms with Crippen molar-refractivity contribution in [2.75, 3.05) is 14.2 Å². The molecule has 0 saturated carbocycles. The predicted molar refractivity (Wildman–Crippen MR) is 51.0 cm³/mol. The second-order valence-corrected chi connectivity index (χ2v) is 2.73. The standard InChI is InChI=1S/C10H10F2O4/c1-14-6-3-4-7(9(13)15-2)8(5-6)16-10(11)12/h3-5,10H,1-2H3. The Bertz CT molecular complexity index is 379. The summed E-state index contributed by atoms with van der Waals surface area (Å²) in [5.41, 5.74) is -0.0800. The minimum Gasteiger partial charge on any atom is -0.497 e. The molecule has 88 valence electrons. The normalized spacial score (nSPS) is 10.1. The number of halogens is 2. The maximum Gasteiger partial charge on any atom is 0.387 e. The van der Waals surface area contributed by atoms with Crippen LogP contribution in [-0.2, 0) is 4.74 Å². The Morgan fingerprint density at radius 1 is 1.31 bits per heavy atom. The van der Waals surface area contributed by atoms with E-state index in [9.17, 15) is 13.6 Å². The molecule has 0 N–H and O–H groups in total. The lowest BCUT2D eigenvalue weighted by atomic mass is 10.2. The third kappa shape index (κ3) is 2.82. The first kappa shape index (κ1) is 12.2. The maximum atomic E-state index is 12.1. The first-order chi connectivity index (χ1) is 7.58. The largest absolute Gasteiger partial charge is 0.497 e. The van der Waals surface area contributed by atoms with Gasteiger partial charge in [-0.2, -0.15) is 8.78 Å². The molecule has 0 radical (unpaired) electrons. The second-order valence-electron chi connectivity index (χ2n) is 2.73. The van der Waals surface area contributed by atoms with Crippen molar-refractivity contribution < 1.29 is 27.8 Å². The molecule has 0 aromatic heterocycles. The molecule has 0 aliphatic carbocycles. The van der Waals surface area contributed by atoms with Crippen molar-refractivity contribution in [2.24, 2.45) is 0 Å². The van der Waals surface area contributed by atoms with E-state index < -0.39 is 12.6 Å². The van der Waals surface area contributed by atoms with Gasteiger partial charge in [-0.1, -0.05) is 0 Å². The highest BCUT2D eigenvalue weighted by molar-refractivity contribution is 5.92. The SMILES string of the molecule is COC(=O)c1ccc(OC)cc1OC(F)F. The van der Waals surface area contributed by atoms with Crippen LogP contribution in [0.25, 0.3) is 0 Å². The molecule has 1 aromatic rings. The summed E-state index contributed by atoms with van der Waals surface area (Å²) >= 11 is 0. The summed E-state index contributed by atoms with van der Waals surface area (Å²) in [6.07, 6.45) is 0. The monoisotopic (exact) mass is 232 g/mol. The first-order valence-electron chi connectivity index (χ1n) is 4.29. The lowest BCUT2D eigenvalue weighted by Crippen LogP contribution is -2.09. The van der Waals surface area contributed by atoms with Gasteiger partial charge < -0.3 is 14.2 Å². The van der Waals surface area contributed by atoms with Crippen LogP contribution in [0.3, 0.4) is 0 Å². The van der Waals surface area contributed by atoms with Crippen molar-refractivity contribution in [3.63, 3.8) is 0 Å². The van der Waals surface area contributed by atoms with Gasteiger partial charge in [-0.3, -0.25) is 0 Å². The van der Waals surface area contributed by atoms with Crippen LogP contribution in [-0.4, -0.2) is 26.8 Å². The molecule has 0 heterocycles. The average molecular weight is 232 g/mol. The first-order valence-corrected chi connectivity index (χ1v) is 4.29. The van der Waals surface area contributed by atoms with Gasteiger partial charge in [-0.25, -0.2) is 4.79 Å². The molecule has 0 unspecified atom stereocenters. The van der Waals surface area contributed by atoms with Crippen LogP contribution in [0.2, 0.25) is 0 Å². The Labute approximate surface area is 90.7 Å². The summed E-state index contributed by atoms with van der Waals surface area (Å²) in [6.45, 7) is -3.02. The van der Waals surface area contributed by atoms with E-state index >= 15 is 0 Å². The van der Waals surface area contributed by atoms with Gasteiger partial charge >= 0.3 is 12.6 Å². The Morgan fingerprint density at radius 3 is 2.50 bits per heavy atom. The third-order valence-electron chi connectivity index (χ3n) is 1.81. The zero-order valence-electron chi connectivity index (χ0n) is 8.70. The van der Waals surface area contributed by atoms with Crippen molar-refractivity contribution in [1.82, 2.24) is 0 Å². The van der Waals surface area contributed by atoms with Gasteiger partial charge in [0.2, 0.25) is 0 Å². The van der Waals surface area contributed by atoms with Gasteiger partial charge in [0.1, 0.15) is 17.1 Å². The highest BCUT2D eigenvalue weighted by atomic mass is 19.3. The number of rotatable bonds is 4. The quantitative estimate of drug-likeness (QED) is 0.745. The second kappa shape index (κ2) is 5.29. The highest BCUT2D eigenvalue weighted by Crippen LogP contribution is 2.26. The number of alkyl halides is 2. The molecule has 0 bridgehead atoms. The zero-order chi connectivity index (χ0) is 12.1. The summed E-state index contributed by atoms with van der Waals surface area (Å²) in [6, 6.07) is 3.94. The molecule has 0 fully saturated rings.